The normalized spacial score (nSPS) is 12.8. The monoisotopic (exact) mass is 349 g/mol. The zero-order valence-electron chi connectivity index (χ0n) is 14.7. The van der Waals surface area contributed by atoms with Crippen LogP contribution in [0.25, 0.3) is 10.9 Å². The number of carbonyl (C=O) groups excluding carboxylic acids is 1. The van der Waals surface area contributed by atoms with E-state index in [1.807, 2.05) is 30.3 Å². The van der Waals surface area contributed by atoms with Crippen LogP contribution in [0, 0.1) is 0 Å². The second-order valence-electron chi connectivity index (χ2n) is 6.07. The third kappa shape index (κ3) is 2.79. The quantitative estimate of drug-likeness (QED) is 0.785. The van der Waals surface area contributed by atoms with Crippen molar-refractivity contribution in [2.24, 2.45) is 0 Å². The van der Waals surface area contributed by atoms with E-state index in [1.54, 1.807) is 31.4 Å². The minimum Gasteiger partial charge on any atom is -0.497 e. The number of hydrogen-bond acceptors (Lipinski definition) is 5. The van der Waals surface area contributed by atoms with Crippen molar-refractivity contribution in [1.29, 1.82) is 0 Å². The molecule has 6 heteroatoms. The average molecular weight is 349 g/mol. The van der Waals surface area contributed by atoms with Crippen molar-refractivity contribution in [2.45, 2.75) is 6.42 Å². The Morgan fingerprint density at radius 2 is 1.96 bits per heavy atom. The van der Waals surface area contributed by atoms with E-state index >= 15 is 0 Å². The largest absolute Gasteiger partial charge is 0.497 e. The Balaban J connectivity index is 1.64. The number of nitrogens with zero attached hydrogens (tertiary/aromatic N) is 2. The zero-order valence-corrected chi connectivity index (χ0v) is 14.7. The molecule has 2 heterocycles. The Hall–Kier alpha value is -3.28. The third-order valence-electron chi connectivity index (χ3n) is 4.53. The van der Waals surface area contributed by atoms with Gasteiger partial charge in [-0.3, -0.25) is 15.2 Å². The summed E-state index contributed by atoms with van der Waals surface area (Å²) in [5.41, 5.74) is 5.38. The maximum Gasteiger partial charge on any atom is 0.273 e. The van der Waals surface area contributed by atoms with E-state index in [4.69, 9.17) is 14.5 Å². The molecule has 6 nitrogen and oxygen atoms in total. The smallest absolute Gasteiger partial charge is 0.273 e. The predicted octanol–water partition coefficient (Wildman–Crippen LogP) is 2.96. The van der Waals surface area contributed by atoms with Crippen molar-refractivity contribution < 1.29 is 14.3 Å². The van der Waals surface area contributed by atoms with Crippen molar-refractivity contribution in [1.82, 2.24) is 10.4 Å². The van der Waals surface area contributed by atoms with Crippen LogP contribution in [0.2, 0.25) is 0 Å². The fourth-order valence-corrected chi connectivity index (χ4v) is 3.19. The lowest BCUT2D eigenvalue weighted by Gasteiger charge is -2.20. The molecule has 1 amide bonds. The highest BCUT2D eigenvalue weighted by molar-refractivity contribution is 5.98. The van der Waals surface area contributed by atoms with E-state index in [9.17, 15) is 4.79 Å². The third-order valence-corrected chi connectivity index (χ3v) is 4.53. The number of nitrogens with one attached hydrogen (secondary N) is 1. The van der Waals surface area contributed by atoms with Gasteiger partial charge in [-0.25, -0.2) is 4.98 Å². The van der Waals surface area contributed by atoms with Crippen LogP contribution in [0.4, 0.5) is 5.82 Å². The Morgan fingerprint density at radius 3 is 2.77 bits per heavy atom. The van der Waals surface area contributed by atoms with Crippen LogP contribution in [0.5, 0.6) is 11.5 Å². The number of pyridine rings is 1. The van der Waals surface area contributed by atoms with E-state index in [0.717, 1.165) is 34.5 Å². The topological polar surface area (TPSA) is 63.7 Å². The Kier molecular flexibility index (Phi) is 4.08. The molecule has 1 N–H and O–H groups in total. The number of benzene rings is 2. The molecule has 0 fully saturated rings. The van der Waals surface area contributed by atoms with Crippen LogP contribution in [0.15, 0.2) is 48.5 Å². The van der Waals surface area contributed by atoms with Crippen LogP contribution < -0.4 is 19.9 Å². The van der Waals surface area contributed by atoms with Gasteiger partial charge in [-0.1, -0.05) is 12.1 Å². The number of para-hydroxylation sites is 1. The second kappa shape index (κ2) is 6.55. The zero-order chi connectivity index (χ0) is 18.1. The Bertz CT molecular complexity index is 987. The number of fused-ring (bicyclic) bond motifs is 2. The highest BCUT2D eigenvalue weighted by Gasteiger charge is 2.24. The number of ether oxygens (including phenoxy) is 2. The molecular formula is C20H19N3O3. The first-order chi connectivity index (χ1) is 12.7. The molecule has 132 valence electrons. The van der Waals surface area contributed by atoms with Crippen molar-refractivity contribution in [3.8, 4) is 11.5 Å². The van der Waals surface area contributed by atoms with Gasteiger partial charge in [0.05, 0.1) is 25.3 Å². The van der Waals surface area contributed by atoms with Gasteiger partial charge in [0.2, 0.25) is 0 Å². The molecule has 26 heavy (non-hydrogen) atoms. The first kappa shape index (κ1) is 16.2. The molecule has 0 atom stereocenters. The standard InChI is InChI=1S/C20H19N3O3/c1-25-15-8-7-13-11-14-9-10-23(19(14)21-17(13)12-15)22-20(24)16-5-3-4-6-18(16)26-2/h3-8,11-12H,9-10H2,1-2H3,(H,22,24). The van der Waals surface area contributed by atoms with Crippen LogP contribution in [0.1, 0.15) is 15.9 Å². The van der Waals surface area contributed by atoms with Gasteiger partial charge in [0, 0.05) is 18.0 Å². The fraction of sp³-hybridized carbons (Fsp3) is 0.200. The summed E-state index contributed by atoms with van der Waals surface area (Å²) in [4.78, 5) is 17.4. The van der Waals surface area contributed by atoms with Crippen molar-refractivity contribution >= 4 is 22.6 Å². The molecule has 1 aliphatic heterocycles. The van der Waals surface area contributed by atoms with Crippen LogP contribution in [-0.4, -0.2) is 31.7 Å². The molecule has 0 unspecified atom stereocenters. The number of amides is 1. The fourth-order valence-electron chi connectivity index (χ4n) is 3.19. The summed E-state index contributed by atoms with van der Waals surface area (Å²) in [6, 6.07) is 15.1. The number of anilines is 1. The molecule has 2 aromatic carbocycles. The van der Waals surface area contributed by atoms with Gasteiger partial charge in [0.25, 0.3) is 5.91 Å². The minimum absolute atomic E-state index is 0.220. The van der Waals surface area contributed by atoms with E-state index in [1.165, 1.54) is 0 Å². The first-order valence-corrected chi connectivity index (χ1v) is 8.39. The summed E-state index contributed by atoms with van der Waals surface area (Å²) in [5, 5.41) is 2.85. The minimum atomic E-state index is -0.220. The molecule has 0 saturated heterocycles. The summed E-state index contributed by atoms with van der Waals surface area (Å²) < 4.78 is 10.6. The highest BCUT2D eigenvalue weighted by Crippen LogP contribution is 2.30. The molecular weight excluding hydrogens is 330 g/mol. The lowest BCUT2D eigenvalue weighted by molar-refractivity contribution is 0.0946. The molecule has 0 bridgehead atoms. The number of aromatic nitrogens is 1. The molecule has 1 aromatic heterocycles. The Labute approximate surface area is 151 Å². The van der Waals surface area contributed by atoms with E-state index in [-0.39, 0.29) is 5.91 Å². The number of methoxy groups -OCH3 is 2. The summed E-state index contributed by atoms with van der Waals surface area (Å²) in [7, 11) is 3.19. The summed E-state index contributed by atoms with van der Waals surface area (Å²) in [6.45, 7) is 0.677. The van der Waals surface area contributed by atoms with Gasteiger partial charge < -0.3 is 9.47 Å². The van der Waals surface area contributed by atoms with Gasteiger partial charge >= 0.3 is 0 Å². The number of hydrogen-bond donors (Lipinski definition) is 1. The SMILES string of the molecule is COc1ccc2cc3c(nc2c1)N(NC(=O)c1ccccc1OC)CC3. The van der Waals surface area contributed by atoms with Gasteiger partial charge in [0.15, 0.2) is 5.82 Å². The predicted molar refractivity (Wildman–Crippen MR) is 99.8 cm³/mol. The van der Waals surface area contributed by atoms with Gasteiger partial charge in [-0.2, -0.15) is 0 Å². The van der Waals surface area contributed by atoms with Crippen LogP contribution in [0.3, 0.4) is 0 Å². The van der Waals surface area contributed by atoms with Gasteiger partial charge in [0.1, 0.15) is 11.5 Å². The molecule has 3 aromatic rings. The molecule has 0 spiro atoms. The molecule has 0 aliphatic carbocycles. The van der Waals surface area contributed by atoms with Crippen LogP contribution >= 0.6 is 0 Å². The molecule has 4 rings (SSSR count). The summed E-state index contributed by atoms with van der Waals surface area (Å²) >= 11 is 0. The van der Waals surface area contributed by atoms with Crippen molar-refractivity contribution in [2.75, 3.05) is 25.8 Å². The molecule has 0 radical (unpaired) electrons. The second-order valence-corrected chi connectivity index (χ2v) is 6.07. The lowest BCUT2D eigenvalue weighted by atomic mass is 10.1. The van der Waals surface area contributed by atoms with Crippen molar-refractivity contribution in [3.63, 3.8) is 0 Å². The molecule has 1 aliphatic rings. The van der Waals surface area contributed by atoms with Crippen LogP contribution in [-0.2, 0) is 6.42 Å². The average Bonchev–Trinajstić information content (AvgIpc) is 3.07. The maximum atomic E-state index is 12.7. The number of carbonyl (C=O) groups is 1. The van der Waals surface area contributed by atoms with Gasteiger partial charge in [-0.15, -0.1) is 0 Å². The van der Waals surface area contributed by atoms with Crippen molar-refractivity contribution in [3.05, 3.63) is 59.7 Å². The highest BCUT2D eigenvalue weighted by atomic mass is 16.5. The van der Waals surface area contributed by atoms with E-state index in [0.29, 0.717) is 17.9 Å². The molecule has 0 saturated carbocycles. The first-order valence-electron chi connectivity index (χ1n) is 8.39. The summed E-state index contributed by atoms with van der Waals surface area (Å²) in [6.07, 6.45) is 0.830. The van der Waals surface area contributed by atoms with E-state index in [2.05, 4.69) is 11.5 Å². The Morgan fingerprint density at radius 1 is 1.12 bits per heavy atom. The number of rotatable bonds is 4. The van der Waals surface area contributed by atoms with Gasteiger partial charge in [-0.05, 0) is 42.3 Å². The summed E-state index contributed by atoms with van der Waals surface area (Å²) in [5.74, 6) is 1.85. The van der Waals surface area contributed by atoms with E-state index < -0.39 is 0 Å². The lowest BCUT2D eigenvalue weighted by Crippen LogP contribution is -2.41. The number of hydrazine groups is 1. The maximum absolute atomic E-state index is 12.7.